The maximum Gasteiger partial charge on any atom is 0.329 e. The topological polar surface area (TPSA) is 109 Å². The van der Waals surface area contributed by atoms with Gasteiger partial charge in [-0.05, 0) is 48.9 Å². The van der Waals surface area contributed by atoms with Crippen molar-refractivity contribution >= 4 is 35.3 Å². The Labute approximate surface area is 197 Å². The van der Waals surface area contributed by atoms with Gasteiger partial charge in [-0.2, -0.15) is 5.10 Å². The molecule has 172 valence electrons. The number of benzene rings is 3. The van der Waals surface area contributed by atoms with Crippen LogP contribution in [-0.2, 0) is 9.59 Å². The number of ether oxygens (including phenoxy) is 1. The van der Waals surface area contributed by atoms with Crippen molar-refractivity contribution in [3.63, 3.8) is 0 Å². The summed E-state index contributed by atoms with van der Waals surface area (Å²) in [4.78, 5) is 37.2. The van der Waals surface area contributed by atoms with E-state index in [-0.39, 0.29) is 11.3 Å². The summed E-state index contributed by atoms with van der Waals surface area (Å²) in [5.74, 6) is -1.75. The smallest absolute Gasteiger partial charge is 0.329 e. The summed E-state index contributed by atoms with van der Waals surface area (Å²) in [5, 5.41) is 9.03. The lowest BCUT2D eigenvalue weighted by Crippen LogP contribution is -2.33. The zero-order valence-electron chi connectivity index (χ0n) is 18.6. The van der Waals surface area contributed by atoms with Crippen molar-refractivity contribution in [3.8, 4) is 5.75 Å². The first-order chi connectivity index (χ1) is 16.5. The highest BCUT2D eigenvalue weighted by Gasteiger charge is 2.17. The summed E-state index contributed by atoms with van der Waals surface area (Å²) < 4.78 is 5.44. The van der Waals surface area contributed by atoms with Crippen molar-refractivity contribution in [3.05, 3.63) is 102 Å². The molecule has 34 heavy (non-hydrogen) atoms. The van der Waals surface area contributed by atoms with Crippen molar-refractivity contribution < 1.29 is 19.1 Å². The Bertz CT molecular complexity index is 1220. The molecule has 8 nitrogen and oxygen atoms in total. The van der Waals surface area contributed by atoms with Crippen molar-refractivity contribution in [1.82, 2.24) is 5.43 Å². The normalized spacial score (nSPS) is 10.4. The molecule has 3 rings (SSSR count). The monoisotopic (exact) mass is 456 g/mol. The van der Waals surface area contributed by atoms with Crippen LogP contribution in [0.1, 0.15) is 21.5 Å². The standard InChI is InChI=1S/C26H24N4O4/c1-3-15-34-21-8-6-7-19(16-21)17-27-30-26(33)25(32)29-23-10-5-4-9-22(23)24(31)28-20-13-11-18(2)12-14-20/h3-14,16-17H,1,15H2,2H3,(H,28,31)(H,29,32)(H,30,33). The van der Waals surface area contributed by atoms with E-state index in [1.165, 1.54) is 12.3 Å². The molecule has 3 aromatic rings. The van der Waals surface area contributed by atoms with Crippen LogP contribution in [0.5, 0.6) is 5.75 Å². The fourth-order valence-electron chi connectivity index (χ4n) is 2.86. The molecule has 3 amide bonds. The van der Waals surface area contributed by atoms with E-state index in [0.717, 1.165) is 5.56 Å². The SMILES string of the molecule is C=CCOc1cccc(C=NNC(=O)C(=O)Nc2ccccc2C(=O)Nc2ccc(C)cc2)c1. The molecule has 0 unspecified atom stereocenters. The average Bonchev–Trinajstić information content (AvgIpc) is 2.84. The lowest BCUT2D eigenvalue weighted by molar-refractivity contribution is -0.136. The number of anilines is 2. The van der Waals surface area contributed by atoms with E-state index in [4.69, 9.17) is 4.74 Å². The van der Waals surface area contributed by atoms with Gasteiger partial charge in [-0.25, -0.2) is 5.43 Å². The number of carbonyl (C=O) groups is 3. The van der Waals surface area contributed by atoms with Gasteiger partial charge in [0.05, 0.1) is 17.5 Å². The fourth-order valence-corrected chi connectivity index (χ4v) is 2.86. The van der Waals surface area contributed by atoms with Gasteiger partial charge in [0, 0.05) is 5.69 Å². The first-order valence-corrected chi connectivity index (χ1v) is 10.4. The molecule has 0 atom stereocenters. The van der Waals surface area contributed by atoms with Gasteiger partial charge in [0.15, 0.2) is 0 Å². The van der Waals surface area contributed by atoms with Gasteiger partial charge in [0.25, 0.3) is 5.91 Å². The zero-order chi connectivity index (χ0) is 24.3. The molecule has 0 saturated carbocycles. The molecule has 0 bridgehead atoms. The van der Waals surface area contributed by atoms with Crippen LogP contribution in [-0.4, -0.2) is 30.5 Å². The van der Waals surface area contributed by atoms with Crippen molar-refractivity contribution in [2.24, 2.45) is 5.10 Å². The second-order valence-corrected chi connectivity index (χ2v) is 7.19. The van der Waals surface area contributed by atoms with Gasteiger partial charge in [0.1, 0.15) is 12.4 Å². The van der Waals surface area contributed by atoms with E-state index in [0.29, 0.717) is 23.6 Å². The van der Waals surface area contributed by atoms with Crippen LogP contribution in [0.15, 0.2) is 90.6 Å². The number of hydrogen-bond donors (Lipinski definition) is 3. The minimum Gasteiger partial charge on any atom is -0.490 e. The van der Waals surface area contributed by atoms with Gasteiger partial charge < -0.3 is 15.4 Å². The van der Waals surface area contributed by atoms with E-state index in [2.05, 4.69) is 27.7 Å². The molecule has 8 heteroatoms. The Balaban J connectivity index is 1.60. The largest absolute Gasteiger partial charge is 0.490 e. The summed E-state index contributed by atoms with van der Waals surface area (Å²) in [7, 11) is 0. The first kappa shape index (κ1) is 23.9. The van der Waals surface area contributed by atoms with Crippen LogP contribution in [0, 0.1) is 6.92 Å². The number of nitrogens with zero attached hydrogens (tertiary/aromatic N) is 1. The van der Waals surface area contributed by atoms with E-state index in [9.17, 15) is 14.4 Å². The number of nitrogens with one attached hydrogen (secondary N) is 3. The van der Waals surface area contributed by atoms with Crippen LogP contribution in [0.25, 0.3) is 0 Å². The van der Waals surface area contributed by atoms with Gasteiger partial charge in [-0.15, -0.1) is 0 Å². The first-order valence-electron chi connectivity index (χ1n) is 10.4. The van der Waals surface area contributed by atoms with E-state index < -0.39 is 17.7 Å². The highest BCUT2D eigenvalue weighted by atomic mass is 16.5. The Morgan fingerprint density at radius 3 is 2.47 bits per heavy atom. The highest BCUT2D eigenvalue weighted by Crippen LogP contribution is 2.18. The fraction of sp³-hybridized carbons (Fsp3) is 0.0769. The lowest BCUT2D eigenvalue weighted by Gasteiger charge is -2.11. The predicted octanol–water partition coefficient (Wildman–Crippen LogP) is 3.90. The molecule has 0 aliphatic rings. The number of carbonyl (C=O) groups excluding carboxylic acids is 3. The molecule has 0 radical (unpaired) electrons. The van der Waals surface area contributed by atoms with Crippen LogP contribution < -0.4 is 20.8 Å². The maximum atomic E-state index is 12.7. The molecule has 3 aromatic carbocycles. The van der Waals surface area contributed by atoms with Gasteiger partial charge in [-0.3, -0.25) is 14.4 Å². The molecule has 3 N–H and O–H groups in total. The number of hydrazone groups is 1. The number of aryl methyl sites for hydroxylation is 1. The average molecular weight is 457 g/mol. The Kier molecular flexibility index (Phi) is 8.29. The Morgan fingerprint density at radius 2 is 1.71 bits per heavy atom. The third-order valence-electron chi connectivity index (χ3n) is 4.54. The summed E-state index contributed by atoms with van der Waals surface area (Å²) in [6.45, 7) is 5.90. The van der Waals surface area contributed by atoms with Crippen LogP contribution >= 0.6 is 0 Å². The van der Waals surface area contributed by atoms with Gasteiger partial charge in [0.2, 0.25) is 0 Å². The molecule has 0 spiro atoms. The molecule has 0 aliphatic carbocycles. The maximum absolute atomic E-state index is 12.7. The molecular weight excluding hydrogens is 432 g/mol. The number of rotatable bonds is 8. The van der Waals surface area contributed by atoms with E-state index in [1.54, 1.807) is 60.7 Å². The molecular formula is C26H24N4O4. The van der Waals surface area contributed by atoms with Crippen molar-refractivity contribution in [1.29, 1.82) is 0 Å². The molecule has 0 heterocycles. The second kappa shape index (κ2) is 11.8. The van der Waals surface area contributed by atoms with Crippen LogP contribution in [0.3, 0.4) is 0 Å². The van der Waals surface area contributed by atoms with Crippen LogP contribution in [0.2, 0.25) is 0 Å². The summed E-state index contributed by atoms with van der Waals surface area (Å²) in [6, 6.07) is 20.7. The Hall–Kier alpha value is -4.72. The van der Waals surface area contributed by atoms with Crippen LogP contribution in [0.4, 0.5) is 11.4 Å². The lowest BCUT2D eigenvalue weighted by atomic mass is 10.1. The summed E-state index contributed by atoms with van der Waals surface area (Å²) >= 11 is 0. The van der Waals surface area contributed by atoms with Crippen molar-refractivity contribution in [2.75, 3.05) is 17.2 Å². The van der Waals surface area contributed by atoms with E-state index in [1.807, 2.05) is 19.1 Å². The third kappa shape index (κ3) is 6.89. The zero-order valence-corrected chi connectivity index (χ0v) is 18.6. The molecule has 0 aromatic heterocycles. The van der Waals surface area contributed by atoms with E-state index >= 15 is 0 Å². The second-order valence-electron chi connectivity index (χ2n) is 7.19. The van der Waals surface area contributed by atoms with Gasteiger partial charge >= 0.3 is 11.8 Å². The minimum absolute atomic E-state index is 0.198. The van der Waals surface area contributed by atoms with Gasteiger partial charge in [-0.1, -0.05) is 54.6 Å². The predicted molar refractivity (Wildman–Crippen MR) is 132 cm³/mol. The highest BCUT2D eigenvalue weighted by molar-refractivity contribution is 6.40. The number of hydrogen-bond acceptors (Lipinski definition) is 5. The Morgan fingerprint density at radius 1 is 0.941 bits per heavy atom. The third-order valence-corrected chi connectivity index (χ3v) is 4.54. The summed E-state index contributed by atoms with van der Waals surface area (Å²) in [6.07, 6.45) is 3.01. The quantitative estimate of drug-likeness (QED) is 0.207. The minimum atomic E-state index is -0.982. The summed E-state index contributed by atoms with van der Waals surface area (Å²) in [5.41, 5.74) is 4.92. The number of amides is 3. The molecule has 0 saturated heterocycles. The molecule has 0 fully saturated rings. The molecule has 0 aliphatic heterocycles. The number of para-hydroxylation sites is 1. The van der Waals surface area contributed by atoms with Crippen molar-refractivity contribution in [2.45, 2.75) is 6.92 Å².